The van der Waals surface area contributed by atoms with E-state index in [1.165, 1.54) is 12.8 Å². The molecule has 0 aliphatic heterocycles. The van der Waals surface area contributed by atoms with Crippen LogP contribution in [-0.2, 0) is 7.05 Å². The second-order valence-corrected chi connectivity index (χ2v) is 5.28. The fourth-order valence-electron chi connectivity index (χ4n) is 1.74. The summed E-state index contributed by atoms with van der Waals surface area (Å²) in [5.74, 6) is 0.546. The summed E-state index contributed by atoms with van der Waals surface area (Å²) in [4.78, 5) is 11.8. The molecule has 1 fully saturated rings. The van der Waals surface area contributed by atoms with Crippen LogP contribution in [0.4, 0.5) is 0 Å². The Balaban J connectivity index is 0.00000144. The van der Waals surface area contributed by atoms with Crippen LogP contribution in [0.1, 0.15) is 23.3 Å². The molecule has 1 amide bonds. The SMILES string of the molecule is Cl.Cn1cc(Br)cc1C(=O)NCC(N)C1CC1. The van der Waals surface area contributed by atoms with Gasteiger partial charge in [-0.3, -0.25) is 4.79 Å². The standard InChI is InChI=1S/C11H16BrN3O.ClH/c1-15-6-8(12)4-10(15)11(16)14-5-9(13)7-2-3-7;/h4,6-7,9H,2-3,5,13H2,1H3,(H,14,16);1H. The highest BCUT2D eigenvalue weighted by molar-refractivity contribution is 9.10. The summed E-state index contributed by atoms with van der Waals surface area (Å²) in [7, 11) is 1.85. The van der Waals surface area contributed by atoms with Crippen LogP contribution in [0.15, 0.2) is 16.7 Å². The first-order valence-electron chi connectivity index (χ1n) is 5.43. The number of carbonyl (C=O) groups excluding carboxylic acids is 1. The van der Waals surface area contributed by atoms with Gasteiger partial charge >= 0.3 is 0 Å². The third-order valence-electron chi connectivity index (χ3n) is 2.93. The monoisotopic (exact) mass is 321 g/mol. The number of aryl methyl sites for hydroxylation is 1. The fourth-order valence-corrected chi connectivity index (χ4v) is 2.27. The van der Waals surface area contributed by atoms with Gasteiger partial charge in [0, 0.05) is 30.3 Å². The lowest BCUT2D eigenvalue weighted by atomic mass is 10.2. The maximum Gasteiger partial charge on any atom is 0.267 e. The summed E-state index contributed by atoms with van der Waals surface area (Å²) in [6.45, 7) is 0.562. The Labute approximate surface area is 115 Å². The topological polar surface area (TPSA) is 60.0 Å². The molecule has 0 radical (unpaired) electrons. The van der Waals surface area contributed by atoms with E-state index < -0.39 is 0 Å². The van der Waals surface area contributed by atoms with E-state index in [0.717, 1.165) is 4.47 Å². The first kappa shape index (κ1) is 14.5. The molecule has 1 aliphatic carbocycles. The highest BCUT2D eigenvalue weighted by Gasteiger charge is 2.28. The Morgan fingerprint density at radius 2 is 2.35 bits per heavy atom. The van der Waals surface area contributed by atoms with E-state index in [0.29, 0.717) is 18.2 Å². The minimum Gasteiger partial charge on any atom is -0.349 e. The van der Waals surface area contributed by atoms with Gasteiger partial charge in [0.05, 0.1) is 0 Å². The summed E-state index contributed by atoms with van der Waals surface area (Å²) in [5.41, 5.74) is 6.57. The van der Waals surface area contributed by atoms with Gasteiger partial charge in [-0.1, -0.05) is 0 Å². The molecule has 96 valence electrons. The quantitative estimate of drug-likeness (QED) is 0.886. The second-order valence-electron chi connectivity index (χ2n) is 4.37. The van der Waals surface area contributed by atoms with E-state index in [9.17, 15) is 4.79 Å². The average molecular weight is 323 g/mol. The number of nitrogens with zero attached hydrogens (tertiary/aromatic N) is 1. The molecule has 0 saturated heterocycles. The Morgan fingerprint density at radius 1 is 1.71 bits per heavy atom. The molecule has 1 aromatic rings. The van der Waals surface area contributed by atoms with E-state index in [-0.39, 0.29) is 24.4 Å². The minimum absolute atomic E-state index is 0. The van der Waals surface area contributed by atoms with Gasteiger partial charge < -0.3 is 15.6 Å². The number of aromatic nitrogens is 1. The lowest BCUT2D eigenvalue weighted by Gasteiger charge is -2.11. The third-order valence-corrected chi connectivity index (χ3v) is 3.36. The number of hydrogen-bond donors (Lipinski definition) is 2. The van der Waals surface area contributed by atoms with Crippen LogP contribution < -0.4 is 11.1 Å². The number of carbonyl (C=O) groups is 1. The van der Waals surface area contributed by atoms with Gasteiger partial charge in [-0.2, -0.15) is 0 Å². The Bertz CT molecular complexity index is 403. The summed E-state index contributed by atoms with van der Waals surface area (Å²) < 4.78 is 2.70. The molecule has 1 aliphatic rings. The van der Waals surface area contributed by atoms with Gasteiger partial charge in [-0.15, -0.1) is 12.4 Å². The summed E-state index contributed by atoms with van der Waals surface area (Å²) in [5, 5.41) is 2.87. The van der Waals surface area contributed by atoms with Crippen molar-refractivity contribution in [2.75, 3.05) is 6.54 Å². The first-order valence-corrected chi connectivity index (χ1v) is 6.23. The van der Waals surface area contributed by atoms with Crippen molar-refractivity contribution < 1.29 is 4.79 Å². The molecule has 1 unspecified atom stereocenters. The van der Waals surface area contributed by atoms with Gasteiger partial charge in [0.2, 0.25) is 0 Å². The average Bonchev–Trinajstić information content (AvgIpc) is 3.01. The lowest BCUT2D eigenvalue weighted by molar-refractivity contribution is 0.0942. The normalized spacial score (nSPS) is 16.2. The molecule has 1 saturated carbocycles. The molecule has 6 heteroatoms. The number of rotatable bonds is 4. The van der Waals surface area contributed by atoms with E-state index in [1.807, 2.05) is 13.2 Å². The molecule has 2 rings (SSSR count). The number of nitrogens with one attached hydrogen (secondary N) is 1. The van der Waals surface area contributed by atoms with Crippen LogP contribution in [0.2, 0.25) is 0 Å². The Hall–Kier alpha value is -0.520. The van der Waals surface area contributed by atoms with Crippen LogP contribution in [0.5, 0.6) is 0 Å². The molecule has 0 bridgehead atoms. The predicted octanol–water partition coefficient (Wildman–Crippen LogP) is 1.68. The smallest absolute Gasteiger partial charge is 0.267 e. The number of hydrogen-bond acceptors (Lipinski definition) is 2. The molecule has 0 spiro atoms. The fraction of sp³-hybridized carbons (Fsp3) is 0.545. The second kappa shape index (κ2) is 5.89. The van der Waals surface area contributed by atoms with Crippen molar-refractivity contribution in [3.05, 3.63) is 22.4 Å². The van der Waals surface area contributed by atoms with Gasteiger partial charge in [0.1, 0.15) is 5.69 Å². The third kappa shape index (κ3) is 3.72. The Kier molecular flexibility index (Phi) is 5.04. The Morgan fingerprint density at radius 3 is 2.82 bits per heavy atom. The van der Waals surface area contributed by atoms with Crippen LogP contribution in [0.25, 0.3) is 0 Å². The summed E-state index contributed by atoms with van der Waals surface area (Å²) in [6, 6.07) is 1.91. The zero-order valence-electron chi connectivity index (χ0n) is 9.65. The van der Waals surface area contributed by atoms with Gasteiger partial charge in [0.25, 0.3) is 5.91 Å². The van der Waals surface area contributed by atoms with E-state index in [1.54, 1.807) is 10.6 Å². The number of halogens is 2. The van der Waals surface area contributed by atoms with E-state index in [4.69, 9.17) is 5.73 Å². The van der Waals surface area contributed by atoms with Gasteiger partial charge in [0.15, 0.2) is 0 Å². The highest BCUT2D eigenvalue weighted by atomic mass is 79.9. The van der Waals surface area contributed by atoms with Crippen LogP contribution in [0.3, 0.4) is 0 Å². The number of amides is 1. The molecule has 1 heterocycles. The number of nitrogens with two attached hydrogens (primary N) is 1. The highest BCUT2D eigenvalue weighted by Crippen LogP contribution is 2.31. The molecule has 1 atom stereocenters. The zero-order valence-corrected chi connectivity index (χ0v) is 12.1. The summed E-state index contributed by atoms with van der Waals surface area (Å²) >= 11 is 3.34. The molecule has 4 nitrogen and oxygen atoms in total. The molecule has 3 N–H and O–H groups in total. The van der Waals surface area contributed by atoms with Gasteiger partial charge in [-0.25, -0.2) is 0 Å². The predicted molar refractivity (Wildman–Crippen MR) is 73.4 cm³/mol. The maximum atomic E-state index is 11.8. The minimum atomic E-state index is -0.0655. The molecule has 17 heavy (non-hydrogen) atoms. The zero-order chi connectivity index (χ0) is 11.7. The van der Waals surface area contributed by atoms with E-state index in [2.05, 4.69) is 21.2 Å². The van der Waals surface area contributed by atoms with Crippen molar-refractivity contribution in [1.29, 1.82) is 0 Å². The van der Waals surface area contributed by atoms with Crippen molar-refractivity contribution in [3.63, 3.8) is 0 Å². The largest absolute Gasteiger partial charge is 0.349 e. The molecular formula is C11H17BrClN3O. The molecular weight excluding hydrogens is 305 g/mol. The van der Waals surface area contributed by atoms with Crippen molar-refractivity contribution in [2.45, 2.75) is 18.9 Å². The lowest BCUT2D eigenvalue weighted by Crippen LogP contribution is -2.39. The van der Waals surface area contributed by atoms with Crippen LogP contribution in [-0.4, -0.2) is 23.1 Å². The van der Waals surface area contributed by atoms with Crippen molar-refractivity contribution in [3.8, 4) is 0 Å². The maximum absolute atomic E-state index is 11.8. The summed E-state index contributed by atoms with van der Waals surface area (Å²) in [6.07, 6.45) is 4.26. The van der Waals surface area contributed by atoms with Crippen LogP contribution in [0, 0.1) is 5.92 Å². The van der Waals surface area contributed by atoms with Crippen molar-refractivity contribution in [1.82, 2.24) is 9.88 Å². The molecule has 1 aromatic heterocycles. The van der Waals surface area contributed by atoms with Crippen LogP contribution >= 0.6 is 28.3 Å². The van der Waals surface area contributed by atoms with Gasteiger partial charge in [-0.05, 0) is 40.8 Å². The molecule has 0 aromatic carbocycles. The van der Waals surface area contributed by atoms with E-state index >= 15 is 0 Å². The van der Waals surface area contributed by atoms with Crippen molar-refractivity contribution in [2.24, 2.45) is 18.7 Å². The van der Waals surface area contributed by atoms with Crippen molar-refractivity contribution >= 4 is 34.2 Å². The first-order chi connectivity index (χ1) is 7.58.